The highest BCUT2D eigenvalue weighted by Gasteiger charge is 2.70. The first-order valence-corrected chi connectivity index (χ1v) is 18.0. The van der Waals surface area contributed by atoms with Crippen LogP contribution in [0.25, 0.3) is 0 Å². The van der Waals surface area contributed by atoms with Gasteiger partial charge in [-0.1, -0.05) is 71.6 Å². The minimum absolute atomic E-state index is 0.0103. The Bertz CT molecular complexity index is 2000. The second-order valence-electron chi connectivity index (χ2n) is 13.8. The van der Waals surface area contributed by atoms with Crippen LogP contribution in [0, 0.1) is 23.7 Å². The third-order valence-electron chi connectivity index (χ3n) is 11.2. The molecular weight excluding hydrogens is 709 g/mol. The van der Waals surface area contributed by atoms with E-state index in [0.29, 0.717) is 46.7 Å². The number of benzene rings is 3. The largest absolute Gasteiger partial charge is 0.508 e. The van der Waals surface area contributed by atoms with Gasteiger partial charge in [0.1, 0.15) is 11.5 Å². The number of ether oxygens (including phenoxy) is 1. The normalized spacial score (nSPS) is 26.5. The molecule has 2 aliphatic carbocycles. The molecule has 13 heteroatoms. The molecule has 52 heavy (non-hydrogen) atoms. The molecule has 2 heterocycles. The van der Waals surface area contributed by atoms with E-state index in [-0.39, 0.29) is 54.1 Å². The van der Waals surface area contributed by atoms with Gasteiger partial charge in [-0.3, -0.25) is 34.3 Å². The molecule has 2 saturated heterocycles. The number of fused-ring (bicyclic) bond motifs is 4. The Morgan fingerprint density at radius 3 is 2.38 bits per heavy atom. The van der Waals surface area contributed by atoms with Crippen molar-refractivity contribution in [3.63, 3.8) is 0 Å². The van der Waals surface area contributed by atoms with Crippen molar-refractivity contribution in [3.05, 3.63) is 99.6 Å². The molecule has 0 radical (unpaired) electrons. The first-order valence-electron chi connectivity index (χ1n) is 17.3. The van der Waals surface area contributed by atoms with E-state index >= 15 is 4.79 Å². The number of methoxy groups -OCH3 is 1. The molecule has 11 nitrogen and oxygen atoms in total. The summed E-state index contributed by atoms with van der Waals surface area (Å²) < 4.78 is 5.43. The molecule has 0 spiro atoms. The zero-order valence-electron chi connectivity index (χ0n) is 28.3. The molecule has 3 aromatic carbocycles. The van der Waals surface area contributed by atoms with Gasteiger partial charge in [0.2, 0.25) is 11.8 Å². The Morgan fingerprint density at radius 2 is 1.69 bits per heavy atom. The minimum Gasteiger partial charge on any atom is -0.508 e. The molecule has 7 rings (SSSR count). The summed E-state index contributed by atoms with van der Waals surface area (Å²) in [5.74, 6) is -6.10. The summed E-state index contributed by atoms with van der Waals surface area (Å²) in [6.45, 7) is 0.172. The Balaban J connectivity index is 1.35. The lowest BCUT2D eigenvalue weighted by Gasteiger charge is -2.50. The molecule has 1 saturated carbocycles. The van der Waals surface area contributed by atoms with Crippen LogP contribution in [-0.4, -0.2) is 63.4 Å². The first kappa shape index (κ1) is 35.5. The van der Waals surface area contributed by atoms with Gasteiger partial charge in [-0.05, 0) is 73.6 Å². The number of allylic oxidation sites excluding steroid dienone is 2. The topological polar surface area (TPSA) is 154 Å². The van der Waals surface area contributed by atoms with E-state index in [1.165, 1.54) is 24.1 Å². The maximum Gasteiger partial charge on any atom is 0.303 e. The number of aliphatic carboxylic acids is 1. The van der Waals surface area contributed by atoms with Crippen LogP contribution in [0.4, 0.5) is 5.69 Å². The second kappa shape index (κ2) is 13.9. The van der Waals surface area contributed by atoms with Gasteiger partial charge in [0.15, 0.2) is 0 Å². The number of hydrazine groups is 1. The van der Waals surface area contributed by atoms with Gasteiger partial charge in [0.25, 0.3) is 11.8 Å². The van der Waals surface area contributed by atoms with Gasteiger partial charge >= 0.3 is 5.97 Å². The molecule has 4 amide bonds. The number of halogens is 2. The van der Waals surface area contributed by atoms with E-state index in [2.05, 4.69) is 5.43 Å². The van der Waals surface area contributed by atoms with Crippen molar-refractivity contribution in [2.24, 2.45) is 23.7 Å². The zero-order chi connectivity index (χ0) is 36.9. The van der Waals surface area contributed by atoms with Gasteiger partial charge < -0.3 is 14.9 Å². The summed E-state index contributed by atoms with van der Waals surface area (Å²) in [6, 6.07) is 18.3. The molecule has 6 atom stereocenters. The smallest absolute Gasteiger partial charge is 0.303 e. The number of imide groups is 2. The number of amides is 4. The second-order valence-corrected chi connectivity index (χ2v) is 14.6. The highest BCUT2D eigenvalue weighted by Crippen LogP contribution is 2.65. The number of carbonyl (C=O) groups is 5. The third-order valence-corrected chi connectivity index (χ3v) is 11.7. The number of carbonyl (C=O) groups excluding carboxylic acids is 4. The number of aromatic hydroxyl groups is 1. The van der Waals surface area contributed by atoms with Crippen LogP contribution in [-0.2, 0) is 29.4 Å². The summed E-state index contributed by atoms with van der Waals surface area (Å²) in [5, 5.41) is 22.0. The molecule has 0 bridgehead atoms. The third kappa shape index (κ3) is 5.70. The Kier molecular flexibility index (Phi) is 9.52. The van der Waals surface area contributed by atoms with Crippen LogP contribution < -0.4 is 10.2 Å². The first-order chi connectivity index (χ1) is 25.0. The van der Waals surface area contributed by atoms with E-state index in [0.717, 1.165) is 5.01 Å². The molecule has 3 aromatic rings. The highest BCUT2D eigenvalue weighted by atomic mass is 35.5. The van der Waals surface area contributed by atoms with Crippen LogP contribution in [0.1, 0.15) is 55.6 Å². The number of hydrogen-bond donors (Lipinski definition) is 3. The van der Waals surface area contributed by atoms with Crippen molar-refractivity contribution in [1.29, 1.82) is 0 Å². The number of likely N-dealkylation sites (tertiary alicyclic amines) is 1. The molecule has 3 N–H and O–H groups in total. The van der Waals surface area contributed by atoms with E-state index in [1.807, 2.05) is 6.08 Å². The minimum atomic E-state index is -1.58. The van der Waals surface area contributed by atoms with Gasteiger partial charge in [0.05, 0.1) is 41.0 Å². The van der Waals surface area contributed by atoms with Crippen LogP contribution in [0.2, 0.25) is 10.0 Å². The number of hydrogen-bond acceptors (Lipinski definition) is 8. The van der Waals surface area contributed by atoms with Gasteiger partial charge in [0, 0.05) is 29.5 Å². The predicted octanol–water partition coefficient (Wildman–Crippen LogP) is 6.34. The number of unbranched alkanes of at least 4 members (excludes halogenated alkanes) is 2. The molecule has 0 aromatic heterocycles. The molecular formula is C39H37Cl2N3O8. The maximum absolute atomic E-state index is 15.3. The number of rotatable bonds is 11. The number of anilines is 1. The summed E-state index contributed by atoms with van der Waals surface area (Å²) in [5.41, 5.74) is 3.31. The van der Waals surface area contributed by atoms with Gasteiger partial charge in [-0.25, -0.2) is 0 Å². The number of phenolic OH excluding ortho intramolecular Hbond substituents is 1. The maximum atomic E-state index is 15.3. The van der Waals surface area contributed by atoms with Crippen molar-refractivity contribution < 1.29 is 38.9 Å². The number of nitrogens with zero attached hydrogens (tertiary/aromatic N) is 2. The fourth-order valence-corrected chi connectivity index (χ4v) is 9.38. The average Bonchev–Trinajstić information content (AvgIpc) is 3.50. The monoisotopic (exact) mass is 745 g/mol. The average molecular weight is 747 g/mol. The van der Waals surface area contributed by atoms with Crippen molar-refractivity contribution in [2.45, 2.75) is 49.9 Å². The summed E-state index contributed by atoms with van der Waals surface area (Å²) >= 11 is 12.6. The summed E-state index contributed by atoms with van der Waals surface area (Å²) in [7, 11) is 1.53. The van der Waals surface area contributed by atoms with E-state index in [4.69, 9.17) is 33.0 Å². The number of phenols is 1. The Labute approximate surface area is 310 Å². The fraction of sp³-hybridized carbons (Fsp3) is 0.359. The lowest BCUT2D eigenvalue weighted by molar-refractivity contribution is -0.141. The standard InChI is InChI=1S/C39H37Cl2N3O8/c1-52-23-13-10-21(11-14-23)39-28(36(49)44(38(39)51)42-30-17-12-22(40)19-29(30)41)20-27-24(34(39)25-7-4-5-8-31(25)45)15-16-26-33(27)37(50)43(35(26)48)18-6-2-3-9-32(46)47/h4-5,7-8,10-15,17,19,26-28,33-34,42,45H,2-3,6,9,16,18,20H2,1H3,(H,46,47)/t26-,27+,28-,33-,34+,39+/m0/s1. The fourth-order valence-electron chi connectivity index (χ4n) is 8.93. The van der Waals surface area contributed by atoms with Crippen molar-refractivity contribution in [3.8, 4) is 11.5 Å². The highest BCUT2D eigenvalue weighted by molar-refractivity contribution is 6.36. The number of carboxylic acids is 1. The Hall–Kier alpha value is -4.87. The quantitative estimate of drug-likeness (QED) is 0.116. The van der Waals surface area contributed by atoms with Gasteiger partial charge in [-0.2, -0.15) is 5.01 Å². The SMILES string of the molecule is COc1ccc([C@@]23C(=O)N(Nc4ccc(Cl)cc4Cl)C(=O)[C@@H]2C[C@@H]2C(=CC[C@@H]4C(=O)N(CCCCCC(=O)O)C(=O)[C@@H]42)[C@@H]3c2ccccc2O)cc1. The van der Waals surface area contributed by atoms with E-state index in [9.17, 15) is 24.3 Å². The van der Waals surface area contributed by atoms with Crippen molar-refractivity contribution in [2.75, 3.05) is 19.1 Å². The van der Waals surface area contributed by atoms with E-state index < -0.39 is 52.8 Å². The number of para-hydroxylation sites is 1. The van der Waals surface area contributed by atoms with E-state index in [1.54, 1.807) is 54.6 Å². The van der Waals surface area contributed by atoms with Crippen LogP contribution >= 0.6 is 23.2 Å². The summed E-state index contributed by atoms with van der Waals surface area (Å²) in [6.07, 6.45) is 3.72. The van der Waals surface area contributed by atoms with Crippen LogP contribution in [0.15, 0.2) is 78.4 Å². The van der Waals surface area contributed by atoms with Crippen molar-refractivity contribution >= 4 is 58.5 Å². The predicted molar refractivity (Wildman–Crippen MR) is 192 cm³/mol. The molecule has 0 unspecified atom stereocenters. The zero-order valence-corrected chi connectivity index (χ0v) is 29.8. The van der Waals surface area contributed by atoms with Crippen LogP contribution in [0.5, 0.6) is 11.5 Å². The molecule has 4 aliphatic rings. The number of nitrogens with one attached hydrogen (secondary N) is 1. The molecule has 270 valence electrons. The Morgan fingerprint density at radius 1 is 0.942 bits per heavy atom. The molecule has 3 fully saturated rings. The van der Waals surface area contributed by atoms with Crippen LogP contribution in [0.3, 0.4) is 0 Å². The van der Waals surface area contributed by atoms with Gasteiger partial charge in [-0.15, -0.1) is 0 Å². The lowest BCUT2D eigenvalue weighted by atomic mass is 9.49. The lowest BCUT2D eigenvalue weighted by Crippen LogP contribution is -2.53. The van der Waals surface area contributed by atoms with Crippen molar-refractivity contribution in [1.82, 2.24) is 9.91 Å². The molecule has 2 aliphatic heterocycles. The summed E-state index contributed by atoms with van der Waals surface area (Å²) in [4.78, 5) is 70.3. The number of carboxylic acid groups (broad SMARTS) is 1.